The molecular weight excluding hydrogens is 254 g/mol. The Bertz CT molecular complexity index is 769. The third-order valence-corrected chi connectivity index (χ3v) is 3.04. The molecule has 0 bridgehead atoms. The van der Waals surface area contributed by atoms with Crippen LogP contribution in [0.1, 0.15) is 23.0 Å². The second-order valence-electron chi connectivity index (χ2n) is 4.34. The Labute approximate surface area is 116 Å². The molecule has 20 heavy (non-hydrogen) atoms. The van der Waals surface area contributed by atoms with Crippen LogP contribution in [0.5, 0.6) is 0 Å². The maximum atomic E-state index is 12.0. The molecule has 1 heterocycles. The fourth-order valence-electron chi connectivity index (χ4n) is 2.06. The number of rotatable bonds is 3. The maximum absolute atomic E-state index is 12.0. The zero-order chi connectivity index (χ0) is 14.7. The van der Waals surface area contributed by atoms with Gasteiger partial charge in [0.15, 0.2) is 0 Å². The minimum absolute atomic E-state index is 0.107. The zero-order valence-electron chi connectivity index (χ0n) is 11.4. The largest absolute Gasteiger partial charge is 0.341 e. The molecule has 0 atom stereocenters. The van der Waals surface area contributed by atoms with Crippen molar-refractivity contribution in [3.63, 3.8) is 0 Å². The molecule has 0 spiro atoms. The van der Waals surface area contributed by atoms with Crippen LogP contribution in [0.3, 0.4) is 0 Å². The number of terminal acetylenes is 1. The molecule has 102 valence electrons. The molecule has 0 saturated carbocycles. The molecule has 0 aliphatic heterocycles. The second-order valence-corrected chi connectivity index (χ2v) is 4.34. The van der Waals surface area contributed by atoms with Crippen LogP contribution >= 0.6 is 0 Å². The smallest absolute Gasteiger partial charge is 0.272 e. The van der Waals surface area contributed by atoms with Crippen molar-refractivity contribution in [3.05, 3.63) is 39.8 Å². The first-order valence-corrected chi connectivity index (χ1v) is 6.31. The van der Waals surface area contributed by atoms with Crippen LogP contribution in [-0.4, -0.2) is 22.0 Å². The summed E-state index contributed by atoms with van der Waals surface area (Å²) in [5, 5.41) is 2.60. The summed E-state index contributed by atoms with van der Waals surface area (Å²) in [6, 6.07) is 5.06. The van der Waals surface area contributed by atoms with Gasteiger partial charge in [-0.2, -0.15) is 0 Å². The van der Waals surface area contributed by atoms with Crippen molar-refractivity contribution in [2.45, 2.75) is 20.4 Å². The lowest BCUT2D eigenvalue weighted by Crippen LogP contribution is -2.25. The third kappa shape index (κ3) is 2.41. The Morgan fingerprint density at radius 1 is 1.50 bits per heavy atom. The number of hydrogen-bond acceptors (Lipinski definition) is 3. The quantitative estimate of drug-likeness (QED) is 0.848. The van der Waals surface area contributed by atoms with E-state index in [1.54, 1.807) is 29.7 Å². The van der Waals surface area contributed by atoms with E-state index in [1.807, 2.05) is 6.92 Å². The van der Waals surface area contributed by atoms with Gasteiger partial charge in [-0.05, 0) is 32.0 Å². The molecule has 1 N–H and O–H groups in total. The fraction of sp³-hybridized carbons (Fsp3) is 0.267. The molecule has 0 aliphatic rings. The highest BCUT2D eigenvalue weighted by Crippen LogP contribution is 2.13. The minimum Gasteiger partial charge on any atom is -0.341 e. The van der Waals surface area contributed by atoms with Gasteiger partial charge < -0.3 is 9.88 Å². The van der Waals surface area contributed by atoms with E-state index in [0.29, 0.717) is 23.3 Å². The van der Waals surface area contributed by atoms with Crippen LogP contribution in [0.15, 0.2) is 23.0 Å². The minimum atomic E-state index is -0.251. The maximum Gasteiger partial charge on any atom is 0.272 e. The Morgan fingerprint density at radius 3 is 2.90 bits per heavy atom. The molecule has 5 nitrogen and oxygen atoms in total. The summed E-state index contributed by atoms with van der Waals surface area (Å²) in [5.74, 6) is 2.10. The monoisotopic (exact) mass is 269 g/mol. The molecule has 0 radical (unpaired) electrons. The Hall–Kier alpha value is -2.61. The number of nitrogens with one attached hydrogen (secondary N) is 1. The van der Waals surface area contributed by atoms with Gasteiger partial charge in [-0.25, -0.2) is 4.98 Å². The summed E-state index contributed by atoms with van der Waals surface area (Å²) in [5.41, 5.74) is 2.12. The van der Waals surface area contributed by atoms with Gasteiger partial charge in [0.25, 0.3) is 11.5 Å². The number of aryl methyl sites for hydroxylation is 2. The summed E-state index contributed by atoms with van der Waals surface area (Å²) in [6.07, 6.45) is 5.10. The van der Waals surface area contributed by atoms with E-state index in [2.05, 4.69) is 16.2 Å². The van der Waals surface area contributed by atoms with Crippen LogP contribution in [0, 0.1) is 19.3 Å². The van der Waals surface area contributed by atoms with Gasteiger partial charge in [-0.3, -0.25) is 9.59 Å². The third-order valence-electron chi connectivity index (χ3n) is 3.04. The molecule has 2 rings (SSSR count). The van der Waals surface area contributed by atoms with Gasteiger partial charge >= 0.3 is 0 Å². The van der Waals surface area contributed by atoms with Gasteiger partial charge in [-0.1, -0.05) is 5.92 Å². The Morgan fingerprint density at radius 2 is 2.25 bits per heavy atom. The Balaban J connectivity index is 2.56. The number of aromatic nitrogens is 2. The average Bonchev–Trinajstić information content (AvgIpc) is 2.45. The van der Waals surface area contributed by atoms with Crippen molar-refractivity contribution in [3.8, 4) is 12.3 Å². The van der Waals surface area contributed by atoms with Crippen LogP contribution in [-0.2, 0) is 6.54 Å². The van der Waals surface area contributed by atoms with Crippen molar-refractivity contribution in [1.29, 1.82) is 0 Å². The van der Waals surface area contributed by atoms with E-state index in [9.17, 15) is 9.59 Å². The van der Waals surface area contributed by atoms with Crippen molar-refractivity contribution in [2.24, 2.45) is 0 Å². The van der Waals surface area contributed by atoms with Gasteiger partial charge in [0.1, 0.15) is 5.69 Å². The molecule has 1 aromatic heterocycles. The molecular formula is C15H15N3O2. The molecule has 0 saturated heterocycles. The van der Waals surface area contributed by atoms with Gasteiger partial charge in [0, 0.05) is 12.1 Å². The Kier molecular flexibility index (Phi) is 3.85. The molecule has 0 aliphatic carbocycles. The van der Waals surface area contributed by atoms with E-state index in [-0.39, 0.29) is 18.0 Å². The highest BCUT2D eigenvalue weighted by Gasteiger charge is 2.10. The van der Waals surface area contributed by atoms with Crippen molar-refractivity contribution in [1.82, 2.24) is 14.9 Å². The van der Waals surface area contributed by atoms with Crippen molar-refractivity contribution < 1.29 is 4.79 Å². The number of benzene rings is 1. The van der Waals surface area contributed by atoms with Crippen LogP contribution in [0.2, 0.25) is 0 Å². The molecule has 1 aromatic carbocycles. The standard InChI is InChI=1S/C15H15N3O2/c1-4-8-16-14(19)11-6-7-13-12(9-11)17-10(3)15(20)18(13)5-2/h1,6-7,9H,5,8H2,2-3H3,(H,16,19). The summed E-state index contributed by atoms with van der Waals surface area (Å²) in [7, 11) is 0. The van der Waals surface area contributed by atoms with Crippen molar-refractivity contribution >= 4 is 16.9 Å². The predicted octanol–water partition coefficient (Wildman–Crippen LogP) is 1.09. The normalized spacial score (nSPS) is 10.2. The van der Waals surface area contributed by atoms with E-state index < -0.39 is 0 Å². The van der Waals surface area contributed by atoms with E-state index in [4.69, 9.17) is 6.42 Å². The first kappa shape index (κ1) is 13.8. The number of carbonyl (C=O) groups is 1. The lowest BCUT2D eigenvalue weighted by Gasteiger charge is -2.10. The zero-order valence-corrected chi connectivity index (χ0v) is 11.4. The SMILES string of the molecule is C#CCNC(=O)c1ccc2c(c1)nc(C)c(=O)n2CC. The highest BCUT2D eigenvalue weighted by atomic mass is 16.1. The predicted molar refractivity (Wildman–Crippen MR) is 77.6 cm³/mol. The summed E-state index contributed by atoms with van der Waals surface area (Å²) in [4.78, 5) is 28.1. The molecule has 0 unspecified atom stereocenters. The van der Waals surface area contributed by atoms with Crippen LogP contribution in [0.25, 0.3) is 11.0 Å². The van der Waals surface area contributed by atoms with Crippen LogP contribution in [0.4, 0.5) is 0 Å². The number of nitrogens with zero attached hydrogens (tertiary/aromatic N) is 2. The molecule has 1 amide bonds. The first-order chi connectivity index (χ1) is 9.58. The van der Waals surface area contributed by atoms with E-state index in [0.717, 1.165) is 5.52 Å². The molecule has 2 aromatic rings. The van der Waals surface area contributed by atoms with E-state index >= 15 is 0 Å². The van der Waals surface area contributed by atoms with Crippen LogP contribution < -0.4 is 10.9 Å². The topological polar surface area (TPSA) is 64.0 Å². The van der Waals surface area contributed by atoms with E-state index in [1.165, 1.54) is 0 Å². The number of amides is 1. The van der Waals surface area contributed by atoms with Crippen molar-refractivity contribution in [2.75, 3.05) is 6.54 Å². The lowest BCUT2D eigenvalue weighted by molar-refractivity contribution is 0.0959. The molecule has 0 fully saturated rings. The summed E-state index contributed by atoms with van der Waals surface area (Å²) < 4.78 is 1.64. The fourth-order valence-corrected chi connectivity index (χ4v) is 2.06. The van der Waals surface area contributed by atoms with Gasteiger partial charge in [0.2, 0.25) is 0 Å². The van der Waals surface area contributed by atoms with Gasteiger partial charge in [0.05, 0.1) is 17.6 Å². The average molecular weight is 269 g/mol. The first-order valence-electron chi connectivity index (χ1n) is 6.31. The number of fused-ring (bicyclic) bond motifs is 1. The lowest BCUT2D eigenvalue weighted by atomic mass is 10.1. The number of hydrogen-bond donors (Lipinski definition) is 1. The highest BCUT2D eigenvalue weighted by molar-refractivity contribution is 5.97. The molecule has 5 heteroatoms. The summed E-state index contributed by atoms with van der Waals surface area (Å²) in [6.45, 7) is 4.30. The number of carbonyl (C=O) groups excluding carboxylic acids is 1. The summed E-state index contributed by atoms with van der Waals surface area (Å²) >= 11 is 0. The van der Waals surface area contributed by atoms with Gasteiger partial charge in [-0.15, -0.1) is 6.42 Å². The second kappa shape index (κ2) is 5.57.